The molecule has 1 saturated heterocycles. The van der Waals surface area contributed by atoms with Crippen molar-refractivity contribution >= 4 is 5.91 Å². The van der Waals surface area contributed by atoms with E-state index >= 15 is 0 Å². The van der Waals surface area contributed by atoms with Gasteiger partial charge in [-0.05, 0) is 32.0 Å². The van der Waals surface area contributed by atoms with Gasteiger partial charge in [0, 0.05) is 19.0 Å². The summed E-state index contributed by atoms with van der Waals surface area (Å²) in [6, 6.07) is 6.39. The molecule has 0 aliphatic carbocycles. The van der Waals surface area contributed by atoms with Gasteiger partial charge in [-0.3, -0.25) is 4.79 Å². The molecule has 1 aromatic rings. The van der Waals surface area contributed by atoms with Crippen LogP contribution in [-0.4, -0.2) is 30.9 Å². The summed E-state index contributed by atoms with van der Waals surface area (Å²) in [6.07, 6.45) is 0.544. The van der Waals surface area contributed by atoms with Crippen LogP contribution in [0.4, 0.5) is 4.39 Å². The smallest absolute Gasteiger partial charge is 0.223 e. The maximum absolute atomic E-state index is 13.7. The van der Waals surface area contributed by atoms with Crippen LogP contribution in [0.1, 0.15) is 24.9 Å². The van der Waals surface area contributed by atoms with Crippen LogP contribution in [0.5, 0.6) is 0 Å². The predicted octanol–water partition coefficient (Wildman–Crippen LogP) is 1.95. The summed E-state index contributed by atoms with van der Waals surface area (Å²) in [4.78, 5) is 13.7. The van der Waals surface area contributed by atoms with Crippen LogP contribution in [0.25, 0.3) is 0 Å². The fourth-order valence-electron chi connectivity index (χ4n) is 2.12. The van der Waals surface area contributed by atoms with E-state index in [0.717, 1.165) is 13.1 Å². The monoisotopic (exact) mass is 250 g/mol. The van der Waals surface area contributed by atoms with Crippen LogP contribution in [0, 0.1) is 11.7 Å². The van der Waals surface area contributed by atoms with E-state index in [1.807, 2.05) is 6.92 Å². The average molecular weight is 250 g/mol. The predicted molar refractivity (Wildman–Crippen MR) is 68.6 cm³/mol. The molecule has 1 unspecified atom stereocenters. The summed E-state index contributed by atoms with van der Waals surface area (Å²) >= 11 is 0. The van der Waals surface area contributed by atoms with E-state index in [1.165, 1.54) is 6.07 Å². The van der Waals surface area contributed by atoms with Crippen molar-refractivity contribution in [2.45, 2.75) is 19.4 Å². The minimum atomic E-state index is -0.255. The Morgan fingerprint density at radius 3 is 2.72 bits per heavy atom. The maximum Gasteiger partial charge on any atom is 0.223 e. The molecule has 0 spiro atoms. The minimum Gasteiger partial charge on any atom is -0.339 e. The standard InChI is InChI=1S/C14H19FN2O/c1-10(12-5-3-4-6-13(12)15)17(2)14(18)7-11-8-16-9-11/h3-6,10-11,16H,7-9H2,1-2H3. The van der Waals surface area contributed by atoms with Crippen molar-refractivity contribution in [1.29, 1.82) is 0 Å². The van der Waals surface area contributed by atoms with Gasteiger partial charge in [-0.2, -0.15) is 0 Å². The molecule has 3 nitrogen and oxygen atoms in total. The molecule has 1 heterocycles. The molecular weight excluding hydrogens is 231 g/mol. The van der Waals surface area contributed by atoms with Gasteiger partial charge in [-0.1, -0.05) is 18.2 Å². The molecule has 2 rings (SSSR count). The van der Waals surface area contributed by atoms with Gasteiger partial charge in [0.25, 0.3) is 0 Å². The lowest BCUT2D eigenvalue weighted by molar-refractivity contribution is -0.133. The number of hydrogen-bond donors (Lipinski definition) is 1. The summed E-state index contributed by atoms with van der Waals surface area (Å²) < 4.78 is 13.7. The van der Waals surface area contributed by atoms with E-state index < -0.39 is 0 Å². The SMILES string of the molecule is CC(c1ccccc1F)N(C)C(=O)CC1CNC1. The zero-order valence-electron chi connectivity index (χ0n) is 10.8. The summed E-state index contributed by atoms with van der Waals surface area (Å²) in [5.41, 5.74) is 0.570. The third-order valence-electron chi connectivity index (χ3n) is 3.66. The fourth-order valence-corrected chi connectivity index (χ4v) is 2.12. The van der Waals surface area contributed by atoms with Gasteiger partial charge in [-0.15, -0.1) is 0 Å². The van der Waals surface area contributed by atoms with E-state index in [1.54, 1.807) is 30.1 Å². The van der Waals surface area contributed by atoms with Crippen molar-refractivity contribution < 1.29 is 9.18 Å². The van der Waals surface area contributed by atoms with Crippen LogP contribution < -0.4 is 5.32 Å². The molecule has 0 bridgehead atoms. The van der Waals surface area contributed by atoms with E-state index in [-0.39, 0.29) is 17.8 Å². The van der Waals surface area contributed by atoms with Crippen molar-refractivity contribution in [3.05, 3.63) is 35.6 Å². The number of nitrogens with zero attached hydrogens (tertiary/aromatic N) is 1. The molecule has 4 heteroatoms. The molecule has 1 aromatic carbocycles. The van der Waals surface area contributed by atoms with Crippen LogP contribution in [0.15, 0.2) is 24.3 Å². The number of amides is 1. The molecule has 0 aromatic heterocycles. The van der Waals surface area contributed by atoms with Gasteiger partial charge >= 0.3 is 0 Å². The lowest BCUT2D eigenvalue weighted by Crippen LogP contribution is -2.45. The van der Waals surface area contributed by atoms with Crippen LogP contribution in [-0.2, 0) is 4.79 Å². The quantitative estimate of drug-likeness (QED) is 0.886. The molecule has 1 fully saturated rings. The largest absolute Gasteiger partial charge is 0.339 e. The lowest BCUT2D eigenvalue weighted by atomic mass is 9.98. The highest BCUT2D eigenvalue weighted by Gasteiger charge is 2.25. The van der Waals surface area contributed by atoms with Crippen LogP contribution in [0.2, 0.25) is 0 Å². The molecule has 0 saturated carbocycles. The Morgan fingerprint density at radius 2 is 2.17 bits per heavy atom. The van der Waals surface area contributed by atoms with Crippen LogP contribution in [0.3, 0.4) is 0 Å². The normalized spacial score (nSPS) is 17.1. The summed E-state index contributed by atoms with van der Waals surface area (Å²) in [5.74, 6) is 0.264. The molecule has 1 atom stereocenters. The van der Waals surface area contributed by atoms with Gasteiger partial charge < -0.3 is 10.2 Å². The highest BCUT2D eigenvalue weighted by molar-refractivity contribution is 5.76. The van der Waals surface area contributed by atoms with Crippen molar-refractivity contribution in [3.8, 4) is 0 Å². The number of halogens is 1. The van der Waals surface area contributed by atoms with E-state index in [9.17, 15) is 9.18 Å². The van der Waals surface area contributed by atoms with E-state index in [0.29, 0.717) is 17.9 Å². The highest BCUT2D eigenvalue weighted by atomic mass is 19.1. The average Bonchev–Trinajstić information content (AvgIpc) is 2.32. The van der Waals surface area contributed by atoms with Gasteiger partial charge in [-0.25, -0.2) is 4.39 Å². The first-order valence-corrected chi connectivity index (χ1v) is 6.30. The molecule has 98 valence electrons. The minimum absolute atomic E-state index is 0.0808. The summed E-state index contributed by atoms with van der Waals surface area (Å²) in [7, 11) is 1.74. The van der Waals surface area contributed by atoms with Crippen molar-refractivity contribution in [2.24, 2.45) is 5.92 Å². The van der Waals surface area contributed by atoms with Gasteiger partial charge in [0.2, 0.25) is 5.91 Å². The Morgan fingerprint density at radius 1 is 1.50 bits per heavy atom. The topological polar surface area (TPSA) is 32.3 Å². The van der Waals surface area contributed by atoms with Gasteiger partial charge in [0.05, 0.1) is 6.04 Å². The Hall–Kier alpha value is -1.42. The van der Waals surface area contributed by atoms with Crippen molar-refractivity contribution in [2.75, 3.05) is 20.1 Å². The molecule has 0 radical (unpaired) electrons. The third-order valence-corrected chi connectivity index (χ3v) is 3.66. The highest BCUT2D eigenvalue weighted by Crippen LogP contribution is 2.23. The summed E-state index contributed by atoms with van der Waals surface area (Å²) in [5, 5.41) is 3.14. The van der Waals surface area contributed by atoms with Gasteiger partial charge in [0.1, 0.15) is 5.82 Å². The Kier molecular flexibility index (Phi) is 3.97. The fraction of sp³-hybridized carbons (Fsp3) is 0.500. The molecule has 1 aliphatic rings. The first-order chi connectivity index (χ1) is 8.59. The first-order valence-electron chi connectivity index (χ1n) is 6.30. The third kappa shape index (κ3) is 2.70. The number of rotatable bonds is 4. The zero-order valence-corrected chi connectivity index (χ0v) is 10.8. The second kappa shape index (κ2) is 5.48. The second-order valence-electron chi connectivity index (χ2n) is 4.93. The summed E-state index contributed by atoms with van der Waals surface area (Å²) in [6.45, 7) is 3.68. The van der Waals surface area contributed by atoms with E-state index in [4.69, 9.17) is 0 Å². The number of hydrogen-bond acceptors (Lipinski definition) is 2. The zero-order chi connectivity index (χ0) is 13.1. The number of carbonyl (C=O) groups is 1. The van der Waals surface area contributed by atoms with Crippen LogP contribution >= 0.6 is 0 Å². The molecule has 1 amide bonds. The molecular formula is C14H19FN2O. The second-order valence-corrected chi connectivity index (χ2v) is 4.93. The Labute approximate surface area is 107 Å². The molecule has 1 N–H and O–H groups in total. The van der Waals surface area contributed by atoms with E-state index in [2.05, 4.69) is 5.32 Å². The lowest BCUT2D eigenvalue weighted by Gasteiger charge is -2.31. The first kappa shape index (κ1) is 13.0. The Bertz CT molecular complexity index is 432. The molecule has 18 heavy (non-hydrogen) atoms. The van der Waals surface area contributed by atoms with Crippen molar-refractivity contribution in [1.82, 2.24) is 10.2 Å². The van der Waals surface area contributed by atoms with Crippen molar-refractivity contribution in [3.63, 3.8) is 0 Å². The number of nitrogens with one attached hydrogen (secondary N) is 1. The Balaban J connectivity index is 2.01. The maximum atomic E-state index is 13.7. The number of benzene rings is 1. The van der Waals surface area contributed by atoms with Gasteiger partial charge in [0.15, 0.2) is 0 Å². The number of carbonyl (C=O) groups excluding carboxylic acids is 1. The molecule has 1 aliphatic heterocycles.